The fourth-order valence-electron chi connectivity index (χ4n) is 4.56. The van der Waals surface area contributed by atoms with E-state index in [-0.39, 0.29) is 11.9 Å². The smallest absolute Gasteiger partial charge is 0.251 e. The number of aryl methyl sites for hydroxylation is 3. The van der Waals surface area contributed by atoms with Gasteiger partial charge in [-0.05, 0) is 55.3 Å². The fourth-order valence-corrected chi connectivity index (χ4v) is 4.56. The Morgan fingerprint density at radius 1 is 1.09 bits per heavy atom. The van der Waals surface area contributed by atoms with Crippen molar-refractivity contribution < 1.29 is 9.53 Å². The minimum absolute atomic E-state index is 0.00637. The molecule has 0 bridgehead atoms. The second-order valence-electron chi connectivity index (χ2n) is 8.99. The highest BCUT2D eigenvalue weighted by molar-refractivity contribution is 5.96. The maximum atomic E-state index is 12.8. The third kappa shape index (κ3) is 4.26. The molecule has 4 aromatic rings. The van der Waals surface area contributed by atoms with Crippen molar-refractivity contribution in [3.63, 3.8) is 0 Å². The van der Waals surface area contributed by atoms with E-state index in [2.05, 4.69) is 46.4 Å². The van der Waals surface area contributed by atoms with Crippen LogP contribution in [0, 0.1) is 6.92 Å². The predicted octanol–water partition coefficient (Wildman–Crippen LogP) is 4.34. The lowest BCUT2D eigenvalue weighted by Gasteiger charge is -2.36. The number of aromatic nitrogens is 3. The summed E-state index contributed by atoms with van der Waals surface area (Å²) in [4.78, 5) is 19.5. The van der Waals surface area contributed by atoms with Crippen LogP contribution in [-0.4, -0.2) is 51.8 Å². The van der Waals surface area contributed by atoms with Crippen LogP contribution in [0.15, 0.2) is 54.7 Å². The van der Waals surface area contributed by atoms with Crippen LogP contribution in [0.2, 0.25) is 0 Å². The van der Waals surface area contributed by atoms with Crippen LogP contribution in [0.4, 0.5) is 0 Å². The van der Waals surface area contributed by atoms with Gasteiger partial charge in [0, 0.05) is 31.8 Å². The quantitative estimate of drug-likeness (QED) is 0.468. The molecular formula is C27H29N5O2. The number of carbonyl (C=O) groups excluding carboxylic acids is 1. The first-order valence-corrected chi connectivity index (χ1v) is 11.6. The standard InChI is InChI=1S/C27H29N5O2/c1-5-18-11-20(9-10-24(18)27(33)29-21-15-31(3)16-21)19-7-6-8-22(12-19)34-23-13-25-26(28-14-23)17(2)30-32(25)4/h6-14,21H,5,15-16H2,1-4H3,(H,29,33). The molecule has 1 N–H and O–H groups in total. The molecule has 0 spiro atoms. The number of fused-ring (bicyclic) bond motifs is 1. The number of nitrogens with one attached hydrogen (secondary N) is 1. The van der Waals surface area contributed by atoms with Gasteiger partial charge in [0.15, 0.2) is 0 Å². The van der Waals surface area contributed by atoms with E-state index in [9.17, 15) is 4.79 Å². The number of hydrogen-bond acceptors (Lipinski definition) is 5. The number of likely N-dealkylation sites (tertiary alicyclic amines) is 1. The van der Waals surface area contributed by atoms with Crippen LogP contribution >= 0.6 is 0 Å². The van der Waals surface area contributed by atoms with Gasteiger partial charge in [-0.1, -0.05) is 31.2 Å². The monoisotopic (exact) mass is 455 g/mol. The SMILES string of the molecule is CCc1cc(-c2cccc(Oc3cnc4c(C)nn(C)c4c3)c2)ccc1C(=O)NC1CN(C)C1. The van der Waals surface area contributed by atoms with Gasteiger partial charge in [0.1, 0.15) is 17.0 Å². The van der Waals surface area contributed by atoms with E-state index in [0.29, 0.717) is 5.75 Å². The molecule has 2 aromatic heterocycles. The molecule has 0 aliphatic carbocycles. The largest absolute Gasteiger partial charge is 0.456 e. The Balaban J connectivity index is 1.37. The number of ether oxygens (including phenoxy) is 1. The summed E-state index contributed by atoms with van der Waals surface area (Å²) in [7, 11) is 3.96. The Kier molecular flexibility index (Phi) is 5.79. The summed E-state index contributed by atoms with van der Waals surface area (Å²) in [6.45, 7) is 5.84. The van der Waals surface area contributed by atoms with E-state index in [1.165, 1.54) is 0 Å². The summed E-state index contributed by atoms with van der Waals surface area (Å²) in [5, 5.41) is 7.56. The molecule has 0 radical (unpaired) electrons. The first kappa shape index (κ1) is 22.1. The van der Waals surface area contributed by atoms with E-state index in [4.69, 9.17) is 4.74 Å². The number of rotatable bonds is 6. The molecule has 7 heteroatoms. The van der Waals surface area contributed by atoms with Gasteiger partial charge < -0.3 is 15.0 Å². The fraction of sp³-hybridized carbons (Fsp3) is 0.296. The minimum atomic E-state index is 0.00637. The molecule has 3 heterocycles. The van der Waals surface area contributed by atoms with Crippen LogP contribution in [0.5, 0.6) is 11.5 Å². The van der Waals surface area contributed by atoms with Gasteiger partial charge in [-0.15, -0.1) is 0 Å². The van der Waals surface area contributed by atoms with Crippen LogP contribution in [0.1, 0.15) is 28.5 Å². The summed E-state index contributed by atoms with van der Waals surface area (Å²) < 4.78 is 7.94. The molecule has 5 rings (SSSR count). The summed E-state index contributed by atoms with van der Waals surface area (Å²) in [5.74, 6) is 1.40. The molecule has 1 saturated heterocycles. The Morgan fingerprint density at radius 3 is 2.65 bits per heavy atom. The van der Waals surface area contributed by atoms with Gasteiger partial charge in [-0.3, -0.25) is 9.48 Å². The summed E-state index contributed by atoms with van der Waals surface area (Å²) in [6, 6.07) is 16.2. The van der Waals surface area contributed by atoms with E-state index in [1.54, 1.807) is 6.20 Å². The van der Waals surface area contributed by atoms with Crippen LogP contribution < -0.4 is 10.1 Å². The first-order valence-electron chi connectivity index (χ1n) is 11.6. The number of hydrogen-bond donors (Lipinski definition) is 1. The normalized spacial score (nSPS) is 14.2. The number of pyridine rings is 1. The van der Waals surface area contributed by atoms with Crippen molar-refractivity contribution in [1.82, 2.24) is 25.0 Å². The summed E-state index contributed by atoms with van der Waals surface area (Å²) >= 11 is 0. The zero-order valence-electron chi connectivity index (χ0n) is 20.0. The lowest BCUT2D eigenvalue weighted by atomic mass is 9.96. The molecule has 0 atom stereocenters. The van der Waals surface area contributed by atoms with Crippen molar-refractivity contribution in [2.75, 3.05) is 20.1 Å². The second-order valence-corrected chi connectivity index (χ2v) is 8.99. The van der Waals surface area contributed by atoms with Gasteiger partial charge in [0.25, 0.3) is 5.91 Å². The van der Waals surface area contributed by atoms with Crippen molar-refractivity contribution in [2.45, 2.75) is 26.3 Å². The first-order chi connectivity index (χ1) is 16.4. The molecule has 7 nitrogen and oxygen atoms in total. The maximum absolute atomic E-state index is 12.8. The molecule has 1 aliphatic rings. The highest BCUT2D eigenvalue weighted by atomic mass is 16.5. The Labute approximate surface area is 199 Å². The topological polar surface area (TPSA) is 72.3 Å². The van der Waals surface area contributed by atoms with Crippen LogP contribution in [-0.2, 0) is 13.5 Å². The van der Waals surface area contributed by atoms with Gasteiger partial charge in [0.05, 0.1) is 23.4 Å². The number of carbonyl (C=O) groups is 1. The van der Waals surface area contributed by atoms with Crippen molar-refractivity contribution in [3.05, 3.63) is 71.5 Å². The summed E-state index contributed by atoms with van der Waals surface area (Å²) in [6.07, 6.45) is 2.51. The van der Waals surface area contributed by atoms with E-state index in [1.807, 2.05) is 55.1 Å². The zero-order chi connectivity index (χ0) is 23.8. The van der Waals surface area contributed by atoms with Gasteiger partial charge in [-0.2, -0.15) is 5.10 Å². The average molecular weight is 456 g/mol. The minimum Gasteiger partial charge on any atom is -0.456 e. The molecule has 174 valence electrons. The van der Waals surface area contributed by atoms with Crippen LogP contribution in [0.25, 0.3) is 22.2 Å². The molecule has 2 aromatic carbocycles. The third-order valence-corrected chi connectivity index (χ3v) is 6.37. The highest BCUT2D eigenvalue weighted by Crippen LogP contribution is 2.30. The lowest BCUT2D eigenvalue weighted by Crippen LogP contribution is -2.57. The molecule has 1 fully saturated rings. The van der Waals surface area contributed by atoms with Crippen LogP contribution in [0.3, 0.4) is 0 Å². The number of amides is 1. The van der Waals surface area contributed by atoms with E-state index >= 15 is 0 Å². The Bertz CT molecular complexity index is 1370. The molecule has 0 saturated carbocycles. The second kappa shape index (κ2) is 8.91. The summed E-state index contributed by atoms with van der Waals surface area (Å²) in [5.41, 5.74) is 6.58. The maximum Gasteiger partial charge on any atom is 0.251 e. The van der Waals surface area contributed by atoms with Gasteiger partial charge >= 0.3 is 0 Å². The van der Waals surface area contributed by atoms with Crippen molar-refractivity contribution in [3.8, 4) is 22.6 Å². The van der Waals surface area contributed by atoms with Crippen molar-refractivity contribution >= 4 is 16.9 Å². The molecular weight excluding hydrogens is 426 g/mol. The molecule has 34 heavy (non-hydrogen) atoms. The third-order valence-electron chi connectivity index (χ3n) is 6.37. The molecule has 0 unspecified atom stereocenters. The predicted molar refractivity (Wildman–Crippen MR) is 133 cm³/mol. The van der Waals surface area contributed by atoms with Crippen molar-refractivity contribution in [1.29, 1.82) is 0 Å². The van der Waals surface area contributed by atoms with E-state index < -0.39 is 0 Å². The van der Waals surface area contributed by atoms with Gasteiger partial charge in [0.2, 0.25) is 0 Å². The molecule has 1 amide bonds. The Morgan fingerprint density at radius 2 is 1.88 bits per heavy atom. The number of nitrogens with zero attached hydrogens (tertiary/aromatic N) is 4. The van der Waals surface area contributed by atoms with Gasteiger partial charge in [-0.25, -0.2) is 4.98 Å². The molecule has 1 aliphatic heterocycles. The van der Waals surface area contributed by atoms with E-state index in [0.717, 1.165) is 64.2 Å². The lowest BCUT2D eigenvalue weighted by molar-refractivity contribution is 0.0857. The highest BCUT2D eigenvalue weighted by Gasteiger charge is 2.25. The number of benzene rings is 2. The average Bonchev–Trinajstić information content (AvgIpc) is 3.10. The van der Waals surface area contributed by atoms with Crippen molar-refractivity contribution in [2.24, 2.45) is 7.05 Å². The number of likely N-dealkylation sites (N-methyl/N-ethyl adjacent to an activating group) is 1. The Hall–Kier alpha value is -3.71. The zero-order valence-corrected chi connectivity index (χ0v) is 20.0.